The molecular weight excluding hydrogens is 284 g/mol. The van der Waals surface area contributed by atoms with E-state index in [4.69, 9.17) is 0 Å². The number of aromatic hydroxyl groups is 1. The third-order valence-corrected chi connectivity index (χ3v) is 3.28. The van der Waals surface area contributed by atoms with Crippen LogP contribution in [0.25, 0.3) is 28.3 Å². The van der Waals surface area contributed by atoms with Crippen molar-refractivity contribution in [1.82, 2.24) is 29.5 Å². The fourth-order valence-electron chi connectivity index (χ4n) is 2.28. The number of nitrogens with zero attached hydrogens (tertiary/aromatic N) is 5. The molecule has 22 heavy (non-hydrogen) atoms. The molecule has 2 N–H and O–H groups in total. The van der Waals surface area contributed by atoms with Crippen molar-refractivity contribution in [3.8, 4) is 17.4 Å². The van der Waals surface area contributed by atoms with E-state index in [0.717, 1.165) is 21.6 Å². The fraction of sp³-hybridized carbons (Fsp3) is 0.0714. The van der Waals surface area contributed by atoms with Crippen molar-refractivity contribution in [2.24, 2.45) is 0 Å². The molecule has 0 amide bonds. The van der Waals surface area contributed by atoms with Crippen LogP contribution in [0.15, 0.2) is 35.1 Å². The predicted molar refractivity (Wildman–Crippen MR) is 78.5 cm³/mol. The van der Waals surface area contributed by atoms with Crippen molar-refractivity contribution >= 4 is 16.8 Å². The Hall–Kier alpha value is -3.29. The van der Waals surface area contributed by atoms with Gasteiger partial charge in [-0.2, -0.15) is 9.50 Å². The maximum absolute atomic E-state index is 11.4. The van der Waals surface area contributed by atoms with Crippen molar-refractivity contribution in [3.05, 3.63) is 46.4 Å². The monoisotopic (exact) mass is 294 g/mol. The van der Waals surface area contributed by atoms with E-state index in [1.165, 1.54) is 0 Å². The van der Waals surface area contributed by atoms with Gasteiger partial charge in [-0.3, -0.25) is 9.78 Å². The molecular formula is C14H10N6O2. The van der Waals surface area contributed by atoms with Crippen LogP contribution in [0, 0.1) is 6.92 Å². The third kappa shape index (κ3) is 1.81. The van der Waals surface area contributed by atoms with Crippen LogP contribution >= 0.6 is 0 Å². The van der Waals surface area contributed by atoms with E-state index < -0.39 is 5.56 Å². The van der Waals surface area contributed by atoms with Crippen LogP contribution in [-0.4, -0.2) is 34.7 Å². The van der Waals surface area contributed by atoms with Crippen molar-refractivity contribution in [2.45, 2.75) is 6.92 Å². The van der Waals surface area contributed by atoms with Crippen molar-refractivity contribution < 1.29 is 5.11 Å². The van der Waals surface area contributed by atoms with Gasteiger partial charge in [0, 0.05) is 0 Å². The summed E-state index contributed by atoms with van der Waals surface area (Å²) in [5.41, 5.74) is 2.22. The molecule has 0 saturated carbocycles. The van der Waals surface area contributed by atoms with E-state index in [0.29, 0.717) is 11.4 Å². The van der Waals surface area contributed by atoms with Gasteiger partial charge in [-0.1, -0.05) is 12.1 Å². The van der Waals surface area contributed by atoms with E-state index in [9.17, 15) is 9.90 Å². The van der Waals surface area contributed by atoms with Crippen molar-refractivity contribution in [2.75, 3.05) is 0 Å². The molecule has 3 aromatic heterocycles. The Kier molecular flexibility index (Phi) is 2.46. The van der Waals surface area contributed by atoms with Gasteiger partial charge in [0.25, 0.3) is 5.56 Å². The Morgan fingerprint density at radius 3 is 2.64 bits per heavy atom. The summed E-state index contributed by atoms with van der Waals surface area (Å²) >= 11 is 0. The highest BCUT2D eigenvalue weighted by Crippen LogP contribution is 2.21. The second-order valence-electron chi connectivity index (χ2n) is 4.81. The van der Waals surface area contributed by atoms with Gasteiger partial charge in [0.15, 0.2) is 0 Å². The Balaban J connectivity index is 2.00. The molecule has 0 bridgehead atoms. The molecule has 4 aromatic rings. The molecule has 0 fully saturated rings. The summed E-state index contributed by atoms with van der Waals surface area (Å²) in [7, 11) is 0. The first-order chi connectivity index (χ1) is 10.6. The molecule has 1 aromatic carbocycles. The minimum atomic E-state index is -0.453. The fourth-order valence-corrected chi connectivity index (χ4v) is 2.28. The summed E-state index contributed by atoms with van der Waals surface area (Å²) in [6.07, 6.45) is 0. The van der Waals surface area contributed by atoms with Crippen LogP contribution < -0.4 is 5.56 Å². The van der Waals surface area contributed by atoms with Crippen LogP contribution in [0.5, 0.6) is 5.88 Å². The second-order valence-corrected chi connectivity index (χ2v) is 4.81. The molecule has 0 radical (unpaired) electrons. The molecule has 8 heteroatoms. The number of rotatable bonds is 1. The zero-order valence-electron chi connectivity index (χ0n) is 11.5. The number of nitrogens with one attached hydrogen (secondary N) is 1. The van der Waals surface area contributed by atoms with Crippen molar-refractivity contribution in [3.63, 3.8) is 0 Å². The first-order valence-electron chi connectivity index (χ1n) is 6.54. The number of benzene rings is 1. The lowest BCUT2D eigenvalue weighted by molar-refractivity contribution is 0.434. The average molecular weight is 294 g/mol. The van der Waals surface area contributed by atoms with Crippen LogP contribution in [0.2, 0.25) is 0 Å². The maximum atomic E-state index is 11.4. The topological polar surface area (TPSA) is 109 Å². The lowest BCUT2D eigenvalue weighted by Gasteiger charge is -2.02. The minimum Gasteiger partial charge on any atom is -0.493 e. The highest BCUT2D eigenvalue weighted by atomic mass is 16.3. The van der Waals surface area contributed by atoms with Gasteiger partial charge in [0.2, 0.25) is 17.5 Å². The van der Waals surface area contributed by atoms with E-state index in [-0.39, 0.29) is 17.5 Å². The Morgan fingerprint density at radius 1 is 1.14 bits per heavy atom. The van der Waals surface area contributed by atoms with Gasteiger partial charge >= 0.3 is 0 Å². The summed E-state index contributed by atoms with van der Waals surface area (Å²) in [5.74, 6) is 0.145. The lowest BCUT2D eigenvalue weighted by Crippen LogP contribution is -2.07. The number of H-pyrrole nitrogens is 1. The molecule has 0 aliphatic carbocycles. The number of aromatic nitrogens is 6. The molecule has 0 saturated heterocycles. The van der Waals surface area contributed by atoms with E-state index >= 15 is 0 Å². The van der Waals surface area contributed by atoms with Gasteiger partial charge in [-0.25, -0.2) is 9.97 Å². The summed E-state index contributed by atoms with van der Waals surface area (Å²) in [6, 6.07) is 8.52. The number of hydrogen-bond donors (Lipinski definition) is 2. The second kappa shape index (κ2) is 4.35. The summed E-state index contributed by atoms with van der Waals surface area (Å²) in [4.78, 5) is 27.1. The smallest absolute Gasteiger partial charge is 0.256 e. The minimum absolute atomic E-state index is 0.148. The number of fused-ring (bicyclic) bond motifs is 2. The molecule has 0 spiro atoms. The van der Waals surface area contributed by atoms with E-state index in [1.54, 1.807) is 0 Å². The first kappa shape index (κ1) is 12.5. The van der Waals surface area contributed by atoms with Gasteiger partial charge in [-0.05, 0) is 19.1 Å². The van der Waals surface area contributed by atoms with Gasteiger partial charge in [-0.15, -0.1) is 5.10 Å². The highest BCUT2D eigenvalue weighted by Gasteiger charge is 2.15. The van der Waals surface area contributed by atoms with Crippen LogP contribution in [-0.2, 0) is 0 Å². The third-order valence-electron chi connectivity index (χ3n) is 3.28. The number of aryl methyl sites for hydroxylation is 1. The predicted octanol–water partition coefficient (Wildman–Crippen LogP) is 1.04. The van der Waals surface area contributed by atoms with Gasteiger partial charge < -0.3 is 5.11 Å². The lowest BCUT2D eigenvalue weighted by atomic mass is 10.2. The molecule has 0 unspecified atom stereocenters. The largest absolute Gasteiger partial charge is 0.493 e. The maximum Gasteiger partial charge on any atom is 0.256 e. The molecule has 8 nitrogen and oxygen atoms in total. The zero-order chi connectivity index (χ0) is 15.3. The number of hydrogen-bond acceptors (Lipinski definition) is 6. The summed E-state index contributed by atoms with van der Waals surface area (Å²) in [5, 5.41) is 13.9. The van der Waals surface area contributed by atoms with Crippen LogP contribution in [0.1, 0.15) is 5.69 Å². The zero-order valence-corrected chi connectivity index (χ0v) is 11.5. The summed E-state index contributed by atoms with van der Waals surface area (Å²) in [6.45, 7) is 1.81. The first-order valence-corrected chi connectivity index (χ1v) is 6.54. The van der Waals surface area contributed by atoms with Gasteiger partial charge in [0.1, 0.15) is 5.69 Å². The van der Waals surface area contributed by atoms with Crippen molar-refractivity contribution in [1.29, 1.82) is 0 Å². The van der Waals surface area contributed by atoms with E-state index in [1.807, 2.05) is 31.2 Å². The molecule has 108 valence electrons. The number of aromatic amines is 1. The van der Waals surface area contributed by atoms with E-state index in [2.05, 4.69) is 25.0 Å². The Labute approximate surface area is 123 Å². The van der Waals surface area contributed by atoms with Crippen LogP contribution in [0.4, 0.5) is 0 Å². The highest BCUT2D eigenvalue weighted by molar-refractivity contribution is 5.77. The number of para-hydroxylation sites is 2. The molecule has 3 heterocycles. The normalized spacial score (nSPS) is 11.3. The average Bonchev–Trinajstić information content (AvgIpc) is 2.90. The quantitative estimate of drug-likeness (QED) is 0.543. The molecule has 0 aliphatic rings. The molecule has 0 aliphatic heterocycles. The van der Waals surface area contributed by atoms with Gasteiger partial charge in [0.05, 0.1) is 22.8 Å². The Bertz CT molecular complexity index is 1080. The molecule has 0 atom stereocenters. The Morgan fingerprint density at radius 2 is 1.86 bits per heavy atom. The standard InChI is InChI=1S/C14H10N6O2/c1-7-12(16-9-5-3-2-4-8(9)15-7)13-18-14-17-10(21)6-11(22)20(14)19-13/h2-6,22H,1H3,(H,17,18,19,21). The summed E-state index contributed by atoms with van der Waals surface area (Å²) < 4.78 is 1.15. The molecule has 4 rings (SSSR count). The SMILES string of the molecule is Cc1nc2ccccc2nc1-c1nc2[nH]c(=O)cc(O)n2n1. The van der Waals surface area contributed by atoms with Crippen LogP contribution in [0.3, 0.4) is 0 Å².